The van der Waals surface area contributed by atoms with E-state index in [0.717, 1.165) is 11.6 Å². The molecule has 96 valence electrons. The molecule has 0 aliphatic heterocycles. The first-order valence-corrected chi connectivity index (χ1v) is 5.49. The van der Waals surface area contributed by atoms with E-state index >= 15 is 0 Å². The zero-order chi connectivity index (χ0) is 13.0. The molecule has 0 saturated heterocycles. The van der Waals surface area contributed by atoms with E-state index in [2.05, 4.69) is 5.32 Å². The van der Waals surface area contributed by atoms with E-state index < -0.39 is 11.6 Å². The minimum absolute atomic E-state index is 0.105. The quantitative estimate of drug-likeness (QED) is 0.889. The van der Waals surface area contributed by atoms with E-state index in [1.54, 1.807) is 13.1 Å². The van der Waals surface area contributed by atoms with Gasteiger partial charge in [0.25, 0.3) is 0 Å². The van der Waals surface area contributed by atoms with Crippen LogP contribution in [-0.4, -0.2) is 7.05 Å². The minimum atomic E-state index is -0.976. The Hall–Kier alpha value is -1.88. The van der Waals surface area contributed by atoms with Crippen molar-refractivity contribution in [2.45, 2.75) is 13.2 Å². The molecule has 0 unspecified atom stereocenters. The van der Waals surface area contributed by atoms with Crippen molar-refractivity contribution in [3.63, 3.8) is 0 Å². The Bertz CT molecular complexity index is 525. The predicted molar refractivity (Wildman–Crippen MR) is 62.2 cm³/mol. The number of halogens is 2. The average molecular weight is 253 g/mol. The molecule has 1 heterocycles. The minimum Gasteiger partial charge on any atom is -0.486 e. The summed E-state index contributed by atoms with van der Waals surface area (Å²) in [6.07, 6.45) is 1.54. The number of furan rings is 1. The molecule has 1 aromatic heterocycles. The first-order valence-electron chi connectivity index (χ1n) is 5.49. The van der Waals surface area contributed by atoms with Crippen LogP contribution in [0.2, 0.25) is 0 Å². The van der Waals surface area contributed by atoms with Crippen LogP contribution >= 0.6 is 0 Å². The summed E-state index contributed by atoms with van der Waals surface area (Å²) in [5, 5.41) is 2.95. The summed E-state index contributed by atoms with van der Waals surface area (Å²) in [7, 11) is 1.79. The van der Waals surface area contributed by atoms with Gasteiger partial charge in [-0.3, -0.25) is 0 Å². The van der Waals surface area contributed by atoms with Gasteiger partial charge in [0.2, 0.25) is 5.82 Å². The normalized spacial score (nSPS) is 10.6. The highest BCUT2D eigenvalue weighted by Crippen LogP contribution is 2.21. The summed E-state index contributed by atoms with van der Waals surface area (Å²) < 4.78 is 36.8. The van der Waals surface area contributed by atoms with E-state index in [1.807, 2.05) is 0 Å². The Morgan fingerprint density at radius 1 is 1.28 bits per heavy atom. The van der Waals surface area contributed by atoms with E-state index in [-0.39, 0.29) is 12.4 Å². The molecule has 0 atom stereocenters. The van der Waals surface area contributed by atoms with Crippen LogP contribution in [-0.2, 0) is 13.2 Å². The molecule has 0 saturated carbocycles. The second-order valence-electron chi connectivity index (χ2n) is 3.74. The van der Waals surface area contributed by atoms with E-state index in [1.165, 1.54) is 18.4 Å². The monoisotopic (exact) mass is 253 g/mol. The van der Waals surface area contributed by atoms with Crippen molar-refractivity contribution in [1.82, 2.24) is 5.32 Å². The van der Waals surface area contributed by atoms with Crippen molar-refractivity contribution in [1.29, 1.82) is 0 Å². The number of ether oxygens (including phenoxy) is 1. The first-order chi connectivity index (χ1) is 8.72. The molecule has 0 aliphatic carbocycles. The van der Waals surface area contributed by atoms with Crippen LogP contribution in [0.1, 0.15) is 11.3 Å². The zero-order valence-electron chi connectivity index (χ0n) is 9.87. The summed E-state index contributed by atoms with van der Waals surface area (Å²) in [6, 6.07) is 5.57. The third-order valence-corrected chi connectivity index (χ3v) is 2.47. The first kappa shape index (κ1) is 12.6. The molecule has 0 fully saturated rings. The van der Waals surface area contributed by atoms with Crippen molar-refractivity contribution in [2.24, 2.45) is 0 Å². The number of hydrogen-bond acceptors (Lipinski definition) is 3. The molecule has 2 aromatic rings. The van der Waals surface area contributed by atoms with Crippen molar-refractivity contribution >= 4 is 0 Å². The van der Waals surface area contributed by atoms with Crippen LogP contribution in [0, 0.1) is 11.6 Å². The Morgan fingerprint density at radius 3 is 2.89 bits per heavy atom. The van der Waals surface area contributed by atoms with Crippen molar-refractivity contribution in [3.05, 3.63) is 53.5 Å². The smallest absolute Gasteiger partial charge is 0.200 e. The van der Waals surface area contributed by atoms with E-state index in [9.17, 15) is 8.78 Å². The van der Waals surface area contributed by atoms with Crippen LogP contribution in [0.3, 0.4) is 0 Å². The van der Waals surface area contributed by atoms with Crippen LogP contribution in [0.25, 0.3) is 0 Å². The molecule has 1 N–H and O–H groups in total. The topological polar surface area (TPSA) is 34.4 Å². The molecule has 0 bridgehead atoms. The summed E-state index contributed by atoms with van der Waals surface area (Å²) in [4.78, 5) is 0. The standard InChI is InChI=1S/C13H13F2NO2/c1-16-7-12-9(5-6-17-12)8-18-11-4-2-3-10(14)13(11)15/h2-6,16H,7-8H2,1H3. The van der Waals surface area contributed by atoms with Crippen molar-refractivity contribution in [2.75, 3.05) is 7.05 Å². The van der Waals surface area contributed by atoms with Gasteiger partial charge in [-0.05, 0) is 25.2 Å². The lowest BCUT2D eigenvalue weighted by molar-refractivity contribution is 0.281. The molecule has 0 spiro atoms. The highest BCUT2D eigenvalue weighted by Gasteiger charge is 2.11. The Morgan fingerprint density at radius 2 is 2.11 bits per heavy atom. The maximum atomic E-state index is 13.3. The Kier molecular flexibility index (Phi) is 3.94. The third-order valence-electron chi connectivity index (χ3n) is 2.47. The van der Waals surface area contributed by atoms with Gasteiger partial charge in [-0.25, -0.2) is 4.39 Å². The van der Waals surface area contributed by atoms with Crippen LogP contribution in [0.4, 0.5) is 8.78 Å². The van der Waals surface area contributed by atoms with Gasteiger partial charge in [0.1, 0.15) is 12.4 Å². The number of benzene rings is 1. The number of rotatable bonds is 5. The van der Waals surface area contributed by atoms with E-state index in [0.29, 0.717) is 12.3 Å². The molecule has 18 heavy (non-hydrogen) atoms. The Balaban J connectivity index is 2.07. The van der Waals surface area contributed by atoms with Crippen molar-refractivity contribution in [3.8, 4) is 5.75 Å². The van der Waals surface area contributed by atoms with Crippen LogP contribution in [0.5, 0.6) is 5.75 Å². The van der Waals surface area contributed by atoms with E-state index in [4.69, 9.17) is 9.15 Å². The molecular weight excluding hydrogens is 240 g/mol. The van der Waals surface area contributed by atoms with Crippen molar-refractivity contribution < 1.29 is 17.9 Å². The molecule has 1 aromatic carbocycles. The maximum Gasteiger partial charge on any atom is 0.200 e. The summed E-state index contributed by atoms with van der Waals surface area (Å²) >= 11 is 0. The lowest BCUT2D eigenvalue weighted by Crippen LogP contribution is -2.07. The van der Waals surface area contributed by atoms with Gasteiger partial charge in [0, 0.05) is 5.56 Å². The SMILES string of the molecule is CNCc1occc1COc1cccc(F)c1F. The fraction of sp³-hybridized carbons (Fsp3) is 0.231. The summed E-state index contributed by atoms with van der Waals surface area (Å²) in [5.41, 5.74) is 0.799. The molecular formula is C13H13F2NO2. The summed E-state index contributed by atoms with van der Waals surface area (Å²) in [5.74, 6) is -1.28. The van der Waals surface area contributed by atoms with Gasteiger partial charge in [-0.2, -0.15) is 4.39 Å². The Labute approximate surface area is 103 Å². The molecule has 0 amide bonds. The van der Waals surface area contributed by atoms with Crippen LogP contribution in [0.15, 0.2) is 34.9 Å². The highest BCUT2D eigenvalue weighted by molar-refractivity contribution is 5.26. The molecule has 2 rings (SSSR count). The van der Waals surface area contributed by atoms with Gasteiger partial charge in [0.05, 0.1) is 12.8 Å². The predicted octanol–water partition coefficient (Wildman–Crippen LogP) is 2.86. The second-order valence-corrected chi connectivity index (χ2v) is 3.74. The zero-order valence-corrected chi connectivity index (χ0v) is 9.87. The van der Waals surface area contributed by atoms with Gasteiger partial charge in [0.15, 0.2) is 11.6 Å². The molecule has 0 aliphatic rings. The fourth-order valence-electron chi connectivity index (χ4n) is 1.56. The molecule has 5 heteroatoms. The summed E-state index contributed by atoms with van der Waals surface area (Å²) in [6.45, 7) is 0.686. The highest BCUT2D eigenvalue weighted by atomic mass is 19.2. The van der Waals surface area contributed by atoms with Gasteiger partial charge < -0.3 is 14.5 Å². The number of hydrogen-bond donors (Lipinski definition) is 1. The number of nitrogens with one attached hydrogen (secondary N) is 1. The largest absolute Gasteiger partial charge is 0.486 e. The lowest BCUT2D eigenvalue weighted by atomic mass is 10.2. The average Bonchev–Trinajstić information content (AvgIpc) is 2.79. The molecule has 3 nitrogen and oxygen atoms in total. The fourth-order valence-corrected chi connectivity index (χ4v) is 1.56. The van der Waals surface area contributed by atoms with Crippen LogP contribution < -0.4 is 10.1 Å². The third kappa shape index (κ3) is 2.68. The van der Waals surface area contributed by atoms with Gasteiger partial charge >= 0.3 is 0 Å². The van der Waals surface area contributed by atoms with Gasteiger partial charge in [-0.15, -0.1) is 0 Å². The lowest BCUT2D eigenvalue weighted by Gasteiger charge is -2.07. The van der Waals surface area contributed by atoms with Gasteiger partial charge in [-0.1, -0.05) is 6.07 Å². The second kappa shape index (κ2) is 5.64. The molecule has 0 radical (unpaired) electrons. The maximum absolute atomic E-state index is 13.3.